The van der Waals surface area contributed by atoms with E-state index >= 15 is 0 Å². The van der Waals surface area contributed by atoms with Gasteiger partial charge in [0.2, 0.25) is 0 Å². The van der Waals surface area contributed by atoms with Crippen LogP contribution in [0, 0.1) is 5.82 Å². The Balaban J connectivity index is 2.03. The van der Waals surface area contributed by atoms with E-state index in [1.165, 1.54) is 37.7 Å². The topological polar surface area (TPSA) is 12.0 Å². The highest BCUT2D eigenvalue weighted by atomic mass is 19.1. The second-order valence-electron chi connectivity index (χ2n) is 4.26. The maximum absolute atomic E-state index is 12.8. The van der Waals surface area contributed by atoms with E-state index in [0.717, 1.165) is 6.54 Å². The molecular weight excluding hydrogens is 189 g/mol. The van der Waals surface area contributed by atoms with E-state index in [0.29, 0.717) is 6.04 Å². The number of nitrogens with one attached hydrogen (secondary N) is 1. The van der Waals surface area contributed by atoms with Crippen LogP contribution in [-0.2, 0) is 0 Å². The smallest absolute Gasteiger partial charge is 0.123 e. The highest BCUT2D eigenvalue weighted by Crippen LogP contribution is 2.22. The van der Waals surface area contributed by atoms with Gasteiger partial charge in [0.25, 0.3) is 0 Å². The van der Waals surface area contributed by atoms with E-state index in [4.69, 9.17) is 0 Å². The molecule has 0 aliphatic carbocycles. The first-order valence-electron chi connectivity index (χ1n) is 5.85. The van der Waals surface area contributed by atoms with Crippen LogP contribution >= 0.6 is 0 Å². The van der Waals surface area contributed by atoms with Gasteiger partial charge in [-0.05, 0) is 37.1 Å². The van der Waals surface area contributed by atoms with Crippen molar-refractivity contribution in [1.82, 2.24) is 5.32 Å². The molecule has 1 atom stereocenters. The monoisotopic (exact) mass is 207 g/mol. The Morgan fingerprint density at radius 3 is 2.53 bits per heavy atom. The van der Waals surface area contributed by atoms with Gasteiger partial charge >= 0.3 is 0 Å². The lowest BCUT2D eigenvalue weighted by Crippen LogP contribution is -2.23. The lowest BCUT2D eigenvalue weighted by molar-refractivity contribution is 0.427. The SMILES string of the molecule is Fc1ccc(C2CCCCCCN2)cc1. The second-order valence-corrected chi connectivity index (χ2v) is 4.26. The summed E-state index contributed by atoms with van der Waals surface area (Å²) >= 11 is 0. The van der Waals surface area contributed by atoms with E-state index in [1.807, 2.05) is 12.1 Å². The molecule has 0 radical (unpaired) electrons. The van der Waals surface area contributed by atoms with Gasteiger partial charge in [-0.25, -0.2) is 4.39 Å². The molecule has 1 unspecified atom stereocenters. The Bertz CT molecular complexity index is 286. The van der Waals surface area contributed by atoms with Crippen molar-refractivity contribution in [3.63, 3.8) is 0 Å². The van der Waals surface area contributed by atoms with Crippen molar-refractivity contribution in [2.75, 3.05) is 6.54 Å². The summed E-state index contributed by atoms with van der Waals surface area (Å²) in [5.74, 6) is -0.149. The molecule has 0 saturated carbocycles. The van der Waals surface area contributed by atoms with E-state index in [9.17, 15) is 4.39 Å². The lowest BCUT2D eigenvalue weighted by atomic mass is 9.98. The molecule has 15 heavy (non-hydrogen) atoms. The van der Waals surface area contributed by atoms with Crippen LogP contribution in [0.25, 0.3) is 0 Å². The largest absolute Gasteiger partial charge is 0.310 e. The van der Waals surface area contributed by atoms with E-state index in [2.05, 4.69) is 5.32 Å². The first-order chi connectivity index (χ1) is 7.36. The summed E-state index contributed by atoms with van der Waals surface area (Å²) in [5, 5.41) is 3.53. The van der Waals surface area contributed by atoms with Gasteiger partial charge in [-0.15, -0.1) is 0 Å². The minimum atomic E-state index is -0.149. The van der Waals surface area contributed by atoms with Crippen LogP contribution in [0.4, 0.5) is 4.39 Å². The summed E-state index contributed by atoms with van der Waals surface area (Å²) < 4.78 is 12.8. The highest BCUT2D eigenvalue weighted by Gasteiger charge is 2.12. The fourth-order valence-electron chi connectivity index (χ4n) is 2.18. The molecule has 1 saturated heterocycles. The fraction of sp³-hybridized carbons (Fsp3) is 0.538. The van der Waals surface area contributed by atoms with E-state index in [1.54, 1.807) is 12.1 Å². The van der Waals surface area contributed by atoms with Crippen molar-refractivity contribution in [3.8, 4) is 0 Å². The lowest BCUT2D eigenvalue weighted by Gasteiger charge is -2.21. The highest BCUT2D eigenvalue weighted by molar-refractivity contribution is 5.19. The predicted molar refractivity (Wildman–Crippen MR) is 60.2 cm³/mol. The molecule has 1 aliphatic rings. The molecule has 1 aromatic carbocycles. The summed E-state index contributed by atoms with van der Waals surface area (Å²) in [7, 11) is 0. The first-order valence-corrected chi connectivity index (χ1v) is 5.85. The van der Waals surface area contributed by atoms with E-state index in [-0.39, 0.29) is 5.82 Å². The third-order valence-electron chi connectivity index (χ3n) is 3.08. The third-order valence-corrected chi connectivity index (χ3v) is 3.08. The maximum Gasteiger partial charge on any atom is 0.123 e. The molecule has 2 rings (SSSR count). The second kappa shape index (κ2) is 5.26. The van der Waals surface area contributed by atoms with Gasteiger partial charge in [-0.1, -0.05) is 31.4 Å². The van der Waals surface area contributed by atoms with Gasteiger partial charge in [0, 0.05) is 6.04 Å². The molecule has 1 fully saturated rings. The van der Waals surface area contributed by atoms with Crippen LogP contribution in [0.15, 0.2) is 24.3 Å². The predicted octanol–water partition coefficient (Wildman–Crippen LogP) is 3.42. The van der Waals surface area contributed by atoms with Crippen LogP contribution in [0.1, 0.15) is 43.7 Å². The normalized spacial score (nSPS) is 23.1. The molecule has 1 nitrogen and oxygen atoms in total. The number of benzene rings is 1. The maximum atomic E-state index is 12.8. The average molecular weight is 207 g/mol. The third kappa shape index (κ3) is 3.03. The van der Waals surface area contributed by atoms with Crippen LogP contribution in [0.3, 0.4) is 0 Å². The molecule has 1 N–H and O–H groups in total. The minimum absolute atomic E-state index is 0.149. The number of rotatable bonds is 1. The van der Waals surface area contributed by atoms with Crippen molar-refractivity contribution < 1.29 is 4.39 Å². The molecule has 0 aromatic heterocycles. The Labute approximate surface area is 90.7 Å². The van der Waals surface area contributed by atoms with Crippen molar-refractivity contribution in [2.24, 2.45) is 0 Å². The van der Waals surface area contributed by atoms with Gasteiger partial charge in [0.15, 0.2) is 0 Å². The molecule has 1 aliphatic heterocycles. The summed E-state index contributed by atoms with van der Waals surface area (Å²) in [6.07, 6.45) is 6.38. The molecule has 82 valence electrons. The summed E-state index contributed by atoms with van der Waals surface area (Å²) in [4.78, 5) is 0. The van der Waals surface area contributed by atoms with Crippen LogP contribution in [-0.4, -0.2) is 6.54 Å². The molecular formula is C13H18FN. The fourth-order valence-corrected chi connectivity index (χ4v) is 2.18. The van der Waals surface area contributed by atoms with Crippen molar-refractivity contribution in [1.29, 1.82) is 0 Å². The van der Waals surface area contributed by atoms with E-state index < -0.39 is 0 Å². The molecule has 0 amide bonds. The van der Waals surface area contributed by atoms with Crippen LogP contribution in [0.2, 0.25) is 0 Å². The number of halogens is 1. The number of hydrogen-bond acceptors (Lipinski definition) is 1. The van der Waals surface area contributed by atoms with Crippen molar-refractivity contribution in [3.05, 3.63) is 35.6 Å². The minimum Gasteiger partial charge on any atom is -0.310 e. The Hall–Kier alpha value is -0.890. The molecule has 1 heterocycles. The van der Waals surface area contributed by atoms with Gasteiger partial charge in [0.05, 0.1) is 0 Å². The first kappa shape index (κ1) is 10.6. The van der Waals surface area contributed by atoms with Crippen LogP contribution in [0.5, 0.6) is 0 Å². The molecule has 2 heteroatoms. The van der Waals surface area contributed by atoms with Gasteiger partial charge in [0.1, 0.15) is 5.82 Å². The van der Waals surface area contributed by atoms with Gasteiger partial charge in [-0.2, -0.15) is 0 Å². The van der Waals surface area contributed by atoms with Gasteiger partial charge < -0.3 is 5.32 Å². The molecule has 1 aromatic rings. The molecule has 0 spiro atoms. The van der Waals surface area contributed by atoms with Crippen molar-refractivity contribution in [2.45, 2.75) is 38.1 Å². The van der Waals surface area contributed by atoms with Crippen molar-refractivity contribution >= 4 is 0 Å². The Morgan fingerprint density at radius 2 is 1.73 bits per heavy atom. The summed E-state index contributed by atoms with van der Waals surface area (Å²) in [5.41, 5.74) is 1.22. The Morgan fingerprint density at radius 1 is 1.00 bits per heavy atom. The van der Waals surface area contributed by atoms with Gasteiger partial charge in [-0.3, -0.25) is 0 Å². The summed E-state index contributed by atoms with van der Waals surface area (Å²) in [6, 6.07) is 7.32. The molecule has 0 bridgehead atoms. The Kier molecular flexibility index (Phi) is 3.73. The average Bonchev–Trinajstić information content (AvgIpc) is 2.19. The zero-order valence-corrected chi connectivity index (χ0v) is 9.01. The standard InChI is InChI=1S/C13H18FN/c14-12-8-6-11(7-9-12)13-5-3-1-2-4-10-15-13/h6-9,13,15H,1-5,10H2. The number of hydrogen-bond donors (Lipinski definition) is 1. The quantitative estimate of drug-likeness (QED) is 0.744. The zero-order chi connectivity index (χ0) is 10.5. The van der Waals surface area contributed by atoms with Crippen LogP contribution < -0.4 is 5.32 Å². The summed E-state index contributed by atoms with van der Waals surface area (Å²) in [6.45, 7) is 1.09. The zero-order valence-electron chi connectivity index (χ0n) is 9.01.